The number of aryl methyl sites for hydroxylation is 2. The topological polar surface area (TPSA) is 32.3 Å². The second kappa shape index (κ2) is 9.18. The first-order valence-electron chi connectivity index (χ1n) is 10.3. The summed E-state index contributed by atoms with van der Waals surface area (Å²) in [4.78, 5) is 15.3. The summed E-state index contributed by atoms with van der Waals surface area (Å²) in [5.41, 5.74) is 5.37. The lowest BCUT2D eigenvalue weighted by molar-refractivity contribution is 0.102. The average molecular weight is 365 g/mol. The molecule has 144 valence electrons. The Bertz CT molecular complexity index is 744. The Morgan fingerprint density at radius 1 is 1.07 bits per heavy atom. The number of piperidine rings is 1. The van der Waals surface area contributed by atoms with Crippen LogP contribution < -0.4 is 5.32 Å². The van der Waals surface area contributed by atoms with Crippen molar-refractivity contribution < 1.29 is 4.79 Å². The van der Waals surface area contributed by atoms with Crippen LogP contribution in [-0.2, 0) is 19.4 Å². The number of likely N-dealkylation sites (tertiary alicyclic amines) is 1. The Balaban J connectivity index is 1.68. The number of nitrogens with zero attached hydrogens (tertiary/aromatic N) is 1. The average Bonchev–Trinajstić information content (AvgIpc) is 2.68. The first-order chi connectivity index (χ1) is 13.1. The minimum absolute atomic E-state index is 0.0243. The van der Waals surface area contributed by atoms with Crippen LogP contribution in [0.15, 0.2) is 42.5 Å². The Labute approximate surface area is 163 Å². The molecule has 1 N–H and O–H groups in total. The molecule has 0 aliphatic carbocycles. The molecular weight excluding hydrogens is 332 g/mol. The van der Waals surface area contributed by atoms with E-state index in [0.717, 1.165) is 36.6 Å². The van der Waals surface area contributed by atoms with Crippen molar-refractivity contribution >= 4 is 11.6 Å². The van der Waals surface area contributed by atoms with Crippen molar-refractivity contribution in [2.24, 2.45) is 5.92 Å². The Kier molecular flexibility index (Phi) is 6.68. The van der Waals surface area contributed by atoms with Crippen LogP contribution in [0.4, 0.5) is 5.69 Å². The van der Waals surface area contributed by atoms with E-state index in [4.69, 9.17) is 0 Å². The number of rotatable bonds is 6. The molecule has 0 unspecified atom stereocenters. The van der Waals surface area contributed by atoms with E-state index in [9.17, 15) is 4.79 Å². The highest BCUT2D eigenvalue weighted by molar-refractivity contribution is 6.05. The molecule has 1 aliphatic heterocycles. The number of hydrogen-bond donors (Lipinski definition) is 1. The predicted octanol–water partition coefficient (Wildman–Crippen LogP) is 5.30. The van der Waals surface area contributed by atoms with Gasteiger partial charge in [-0.1, -0.05) is 51.1 Å². The molecule has 1 heterocycles. The number of nitrogens with one attached hydrogen (secondary N) is 1. The van der Waals surface area contributed by atoms with E-state index in [1.54, 1.807) is 0 Å². The second-order valence-corrected chi connectivity index (χ2v) is 7.79. The summed E-state index contributed by atoms with van der Waals surface area (Å²) in [6, 6.07) is 14.4. The normalized spacial score (nSPS) is 17.7. The van der Waals surface area contributed by atoms with Crippen LogP contribution in [0.1, 0.15) is 60.7 Å². The standard InChI is InChI=1S/C24H32N2O/c1-4-20-9-6-10-21(5-2)23(20)25-24(27)22-13-11-19(12-14-22)17-26-15-7-8-18(3)16-26/h6,9-14,18H,4-5,7-8,15-17H2,1-3H3,(H,25,27)/t18-/m1/s1. The fraction of sp³-hybridized carbons (Fsp3) is 0.458. The molecule has 3 rings (SSSR count). The lowest BCUT2D eigenvalue weighted by atomic mass is 9.99. The van der Waals surface area contributed by atoms with E-state index >= 15 is 0 Å². The van der Waals surface area contributed by atoms with Crippen LogP contribution >= 0.6 is 0 Å². The highest BCUT2D eigenvalue weighted by Crippen LogP contribution is 2.24. The van der Waals surface area contributed by atoms with E-state index in [2.05, 4.69) is 61.3 Å². The molecule has 1 saturated heterocycles. The van der Waals surface area contributed by atoms with Crippen LogP contribution in [0.3, 0.4) is 0 Å². The summed E-state index contributed by atoms with van der Waals surface area (Å²) in [5, 5.41) is 3.15. The van der Waals surface area contributed by atoms with E-state index in [0.29, 0.717) is 0 Å². The van der Waals surface area contributed by atoms with Crippen LogP contribution in [0.2, 0.25) is 0 Å². The number of carbonyl (C=O) groups excluding carboxylic acids is 1. The number of amides is 1. The Morgan fingerprint density at radius 2 is 1.74 bits per heavy atom. The summed E-state index contributed by atoms with van der Waals surface area (Å²) in [6.45, 7) is 9.92. The van der Waals surface area contributed by atoms with Gasteiger partial charge in [0.15, 0.2) is 0 Å². The van der Waals surface area contributed by atoms with Gasteiger partial charge in [0.1, 0.15) is 0 Å². The molecule has 2 aromatic rings. The molecule has 0 saturated carbocycles. The summed E-state index contributed by atoms with van der Waals surface area (Å²) in [6.07, 6.45) is 4.46. The minimum atomic E-state index is -0.0243. The fourth-order valence-electron chi connectivity index (χ4n) is 4.04. The van der Waals surface area contributed by atoms with Gasteiger partial charge in [-0.3, -0.25) is 9.69 Å². The van der Waals surface area contributed by atoms with Gasteiger partial charge < -0.3 is 5.32 Å². The molecule has 1 aliphatic rings. The third kappa shape index (κ3) is 4.98. The lowest BCUT2D eigenvalue weighted by Crippen LogP contribution is -2.33. The Hall–Kier alpha value is -2.13. The van der Waals surface area contributed by atoms with Crippen LogP contribution in [0, 0.1) is 5.92 Å². The first kappa shape index (κ1) is 19.6. The summed E-state index contributed by atoms with van der Waals surface area (Å²) < 4.78 is 0. The minimum Gasteiger partial charge on any atom is -0.321 e. The van der Waals surface area contributed by atoms with Crippen molar-refractivity contribution in [3.05, 3.63) is 64.7 Å². The molecule has 3 nitrogen and oxygen atoms in total. The zero-order valence-electron chi connectivity index (χ0n) is 16.9. The molecule has 0 bridgehead atoms. The lowest BCUT2D eigenvalue weighted by Gasteiger charge is -2.30. The van der Waals surface area contributed by atoms with Crippen molar-refractivity contribution in [2.45, 2.75) is 53.0 Å². The van der Waals surface area contributed by atoms with Gasteiger partial charge in [-0.05, 0) is 67.0 Å². The van der Waals surface area contributed by atoms with Gasteiger partial charge in [0, 0.05) is 24.3 Å². The quantitative estimate of drug-likeness (QED) is 0.755. The molecule has 3 heteroatoms. The van der Waals surface area contributed by atoms with Gasteiger partial charge in [-0.25, -0.2) is 0 Å². The summed E-state index contributed by atoms with van der Waals surface area (Å²) in [7, 11) is 0. The van der Waals surface area contributed by atoms with Gasteiger partial charge in [0.05, 0.1) is 0 Å². The number of hydrogen-bond acceptors (Lipinski definition) is 2. The van der Waals surface area contributed by atoms with Gasteiger partial charge in [-0.2, -0.15) is 0 Å². The van der Waals surface area contributed by atoms with Gasteiger partial charge in [0.2, 0.25) is 0 Å². The van der Waals surface area contributed by atoms with E-state index in [-0.39, 0.29) is 5.91 Å². The maximum absolute atomic E-state index is 12.8. The van der Waals surface area contributed by atoms with Gasteiger partial charge >= 0.3 is 0 Å². The summed E-state index contributed by atoms with van der Waals surface area (Å²) in [5.74, 6) is 0.763. The van der Waals surface area contributed by atoms with Crippen LogP contribution in [0.5, 0.6) is 0 Å². The van der Waals surface area contributed by atoms with E-state index in [1.165, 1.54) is 42.6 Å². The summed E-state index contributed by atoms with van der Waals surface area (Å²) >= 11 is 0. The van der Waals surface area contributed by atoms with Crippen molar-refractivity contribution in [1.29, 1.82) is 0 Å². The van der Waals surface area contributed by atoms with Crippen LogP contribution in [0.25, 0.3) is 0 Å². The zero-order valence-corrected chi connectivity index (χ0v) is 16.9. The van der Waals surface area contributed by atoms with Gasteiger partial charge in [0.25, 0.3) is 5.91 Å². The highest BCUT2D eigenvalue weighted by atomic mass is 16.1. The molecule has 0 radical (unpaired) electrons. The molecule has 1 fully saturated rings. The third-order valence-corrected chi connectivity index (χ3v) is 5.60. The van der Waals surface area contributed by atoms with Crippen LogP contribution in [-0.4, -0.2) is 23.9 Å². The molecular formula is C24H32N2O. The second-order valence-electron chi connectivity index (χ2n) is 7.79. The highest BCUT2D eigenvalue weighted by Gasteiger charge is 2.16. The predicted molar refractivity (Wildman–Crippen MR) is 113 cm³/mol. The molecule has 0 spiro atoms. The number of carbonyl (C=O) groups is 1. The van der Waals surface area contributed by atoms with E-state index in [1.807, 2.05) is 12.1 Å². The number of para-hydroxylation sites is 1. The zero-order chi connectivity index (χ0) is 19.2. The van der Waals surface area contributed by atoms with Crippen molar-refractivity contribution in [1.82, 2.24) is 4.90 Å². The SMILES string of the molecule is CCc1cccc(CC)c1NC(=O)c1ccc(CN2CCC[C@@H](C)C2)cc1. The maximum atomic E-state index is 12.8. The Morgan fingerprint density at radius 3 is 2.33 bits per heavy atom. The van der Waals surface area contributed by atoms with Crippen molar-refractivity contribution in [3.8, 4) is 0 Å². The maximum Gasteiger partial charge on any atom is 0.255 e. The van der Waals surface area contributed by atoms with Crippen molar-refractivity contribution in [3.63, 3.8) is 0 Å². The number of anilines is 1. The molecule has 1 amide bonds. The first-order valence-corrected chi connectivity index (χ1v) is 10.3. The van der Waals surface area contributed by atoms with Gasteiger partial charge in [-0.15, -0.1) is 0 Å². The van der Waals surface area contributed by atoms with E-state index < -0.39 is 0 Å². The molecule has 2 aromatic carbocycles. The molecule has 1 atom stereocenters. The monoisotopic (exact) mass is 364 g/mol. The fourth-order valence-corrected chi connectivity index (χ4v) is 4.04. The van der Waals surface area contributed by atoms with Crippen molar-refractivity contribution in [2.75, 3.05) is 18.4 Å². The number of benzene rings is 2. The largest absolute Gasteiger partial charge is 0.321 e. The molecule has 27 heavy (non-hydrogen) atoms. The smallest absolute Gasteiger partial charge is 0.255 e. The third-order valence-electron chi connectivity index (χ3n) is 5.60. The molecule has 0 aromatic heterocycles.